The van der Waals surface area contributed by atoms with Crippen LogP contribution in [-0.2, 0) is 11.2 Å². The van der Waals surface area contributed by atoms with E-state index in [1.165, 1.54) is 11.8 Å². The quantitative estimate of drug-likeness (QED) is 0.465. The standard InChI is InChI=1S/C22H23N5OS/c1-5-26(19-12-8-10-16-9-6-7-11-17(16)19)20(28)13-18-14(2)23-21-24-22(29-4)25-27(21)15(18)3/h6-12H,5,13H2,1-4H3. The van der Waals surface area contributed by atoms with Gasteiger partial charge in [0.05, 0.1) is 12.1 Å². The Labute approximate surface area is 174 Å². The molecule has 0 unspecified atom stereocenters. The van der Waals surface area contributed by atoms with Gasteiger partial charge in [0.25, 0.3) is 5.78 Å². The van der Waals surface area contributed by atoms with Crippen LogP contribution in [0, 0.1) is 13.8 Å². The monoisotopic (exact) mass is 405 g/mol. The van der Waals surface area contributed by atoms with Crippen molar-refractivity contribution in [3.63, 3.8) is 0 Å². The van der Waals surface area contributed by atoms with Gasteiger partial charge in [0.2, 0.25) is 11.1 Å². The van der Waals surface area contributed by atoms with Crippen LogP contribution in [0.5, 0.6) is 0 Å². The maximum absolute atomic E-state index is 13.3. The SMILES string of the molecule is CCN(C(=O)Cc1c(C)nc2nc(SC)nn2c1C)c1cccc2ccccc12. The third-order valence-electron chi connectivity index (χ3n) is 5.21. The molecule has 0 saturated carbocycles. The molecule has 0 saturated heterocycles. The van der Waals surface area contributed by atoms with E-state index < -0.39 is 0 Å². The molecule has 0 aliphatic carbocycles. The molecule has 0 spiro atoms. The van der Waals surface area contributed by atoms with Crippen molar-refractivity contribution in [3.8, 4) is 0 Å². The highest BCUT2D eigenvalue weighted by Crippen LogP contribution is 2.27. The summed E-state index contributed by atoms with van der Waals surface area (Å²) in [7, 11) is 0. The second-order valence-electron chi connectivity index (χ2n) is 6.88. The van der Waals surface area contributed by atoms with Crippen LogP contribution in [0.25, 0.3) is 16.6 Å². The molecule has 6 nitrogen and oxygen atoms in total. The molecule has 2 aromatic heterocycles. The molecule has 0 fully saturated rings. The fraction of sp³-hybridized carbons (Fsp3) is 0.273. The van der Waals surface area contributed by atoms with Gasteiger partial charge in [-0.25, -0.2) is 9.50 Å². The first-order valence-corrected chi connectivity index (χ1v) is 10.8. The van der Waals surface area contributed by atoms with Gasteiger partial charge in [-0.1, -0.05) is 48.2 Å². The molecule has 0 aliphatic heterocycles. The summed E-state index contributed by atoms with van der Waals surface area (Å²) in [4.78, 5) is 24.2. The molecule has 0 atom stereocenters. The third-order valence-corrected chi connectivity index (χ3v) is 5.75. The zero-order chi connectivity index (χ0) is 20.5. The van der Waals surface area contributed by atoms with Crippen LogP contribution in [0.4, 0.5) is 5.69 Å². The number of hydrogen-bond donors (Lipinski definition) is 0. The van der Waals surface area contributed by atoms with E-state index in [2.05, 4.69) is 33.3 Å². The summed E-state index contributed by atoms with van der Waals surface area (Å²) in [6.07, 6.45) is 2.21. The zero-order valence-corrected chi connectivity index (χ0v) is 17.8. The molecule has 2 heterocycles. The van der Waals surface area contributed by atoms with E-state index in [-0.39, 0.29) is 12.3 Å². The van der Waals surface area contributed by atoms with Crippen molar-refractivity contribution in [1.29, 1.82) is 0 Å². The largest absolute Gasteiger partial charge is 0.312 e. The average molecular weight is 406 g/mol. The van der Waals surface area contributed by atoms with E-state index in [0.29, 0.717) is 17.5 Å². The molecular formula is C22H23N5OS. The van der Waals surface area contributed by atoms with Crippen LogP contribution in [0.3, 0.4) is 0 Å². The number of aryl methyl sites for hydroxylation is 2. The lowest BCUT2D eigenvalue weighted by atomic mass is 10.1. The number of carbonyl (C=O) groups excluding carboxylic acids is 1. The van der Waals surface area contributed by atoms with Crippen molar-refractivity contribution in [1.82, 2.24) is 19.6 Å². The highest BCUT2D eigenvalue weighted by molar-refractivity contribution is 7.98. The van der Waals surface area contributed by atoms with Crippen LogP contribution >= 0.6 is 11.8 Å². The van der Waals surface area contributed by atoms with Crippen molar-refractivity contribution in [2.24, 2.45) is 0 Å². The third kappa shape index (κ3) is 3.46. The van der Waals surface area contributed by atoms with Gasteiger partial charge in [0.1, 0.15) is 0 Å². The van der Waals surface area contributed by atoms with E-state index in [1.807, 2.05) is 56.2 Å². The van der Waals surface area contributed by atoms with Gasteiger partial charge in [-0.2, -0.15) is 4.98 Å². The number of thioether (sulfide) groups is 1. The Morgan fingerprint density at radius 2 is 1.86 bits per heavy atom. The van der Waals surface area contributed by atoms with Crippen molar-refractivity contribution < 1.29 is 4.79 Å². The maximum atomic E-state index is 13.3. The van der Waals surface area contributed by atoms with E-state index in [4.69, 9.17) is 0 Å². The number of hydrogen-bond acceptors (Lipinski definition) is 5. The van der Waals surface area contributed by atoms with E-state index in [0.717, 1.165) is 33.4 Å². The molecule has 0 bridgehead atoms. The minimum Gasteiger partial charge on any atom is -0.312 e. The Morgan fingerprint density at radius 1 is 1.10 bits per heavy atom. The van der Waals surface area contributed by atoms with Gasteiger partial charge in [-0.3, -0.25) is 4.79 Å². The van der Waals surface area contributed by atoms with Crippen LogP contribution in [0.15, 0.2) is 47.6 Å². The van der Waals surface area contributed by atoms with Crippen LogP contribution in [0.1, 0.15) is 23.9 Å². The predicted molar refractivity (Wildman–Crippen MR) is 118 cm³/mol. The van der Waals surface area contributed by atoms with Gasteiger partial charge in [-0.05, 0) is 38.5 Å². The normalized spacial score (nSPS) is 11.3. The fourth-order valence-electron chi connectivity index (χ4n) is 3.70. The minimum absolute atomic E-state index is 0.0430. The summed E-state index contributed by atoms with van der Waals surface area (Å²) in [5, 5.41) is 7.36. The number of rotatable bonds is 5. The highest BCUT2D eigenvalue weighted by Gasteiger charge is 2.21. The molecule has 29 heavy (non-hydrogen) atoms. The van der Waals surface area contributed by atoms with Crippen LogP contribution in [0.2, 0.25) is 0 Å². The first-order chi connectivity index (χ1) is 14.0. The molecule has 4 rings (SSSR count). The predicted octanol–water partition coefficient (Wildman–Crippen LogP) is 4.21. The number of carbonyl (C=O) groups is 1. The van der Waals surface area contributed by atoms with Crippen molar-refractivity contribution in [2.75, 3.05) is 17.7 Å². The lowest BCUT2D eigenvalue weighted by Gasteiger charge is -2.23. The number of fused-ring (bicyclic) bond motifs is 2. The van der Waals surface area contributed by atoms with E-state index in [9.17, 15) is 4.79 Å². The summed E-state index contributed by atoms with van der Waals surface area (Å²) < 4.78 is 1.73. The number of nitrogens with zero attached hydrogens (tertiary/aromatic N) is 5. The topological polar surface area (TPSA) is 63.4 Å². The van der Waals surface area contributed by atoms with Crippen molar-refractivity contribution in [3.05, 3.63) is 59.4 Å². The summed E-state index contributed by atoms with van der Waals surface area (Å²) in [5.41, 5.74) is 3.56. The molecule has 4 aromatic rings. The molecule has 148 valence electrons. The number of likely N-dealkylation sites (N-methyl/N-ethyl adjacent to an activating group) is 1. The molecule has 0 radical (unpaired) electrons. The van der Waals surface area contributed by atoms with Crippen LogP contribution in [-0.4, -0.2) is 38.3 Å². The second-order valence-corrected chi connectivity index (χ2v) is 7.66. The van der Waals surface area contributed by atoms with Gasteiger partial charge in [-0.15, -0.1) is 5.10 Å². The smallest absolute Gasteiger partial charge is 0.253 e. The number of aromatic nitrogens is 4. The van der Waals surface area contributed by atoms with Gasteiger partial charge >= 0.3 is 0 Å². The highest BCUT2D eigenvalue weighted by atomic mass is 32.2. The molecule has 2 aromatic carbocycles. The van der Waals surface area contributed by atoms with Gasteiger partial charge < -0.3 is 4.90 Å². The Balaban J connectivity index is 1.72. The Kier molecular flexibility index (Phi) is 5.24. The van der Waals surface area contributed by atoms with Gasteiger partial charge in [0.15, 0.2) is 0 Å². The summed E-state index contributed by atoms with van der Waals surface area (Å²) >= 11 is 1.48. The molecule has 1 amide bonds. The molecule has 7 heteroatoms. The van der Waals surface area contributed by atoms with E-state index in [1.54, 1.807) is 4.52 Å². The lowest BCUT2D eigenvalue weighted by molar-refractivity contribution is -0.117. The Morgan fingerprint density at radius 3 is 2.62 bits per heavy atom. The Bertz CT molecular complexity index is 1210. The van der Waals surface area contributed by atoms with Crippen molar-refractivity contribution >= 4 is 39.9 Å². The first kappa shape index (κ1) is 19.4. The van der Waals surface area contributed by atoms with Crippen LogP contribution < -0.4 is 4.90 Å². The molecule has 0 N–H and O–H groups in total. The fourth-order valence-corrected chi connectivity index (χ4v) is 4.04. The molecule has 0 aliphatic rings. The summed E-state index contributed by atoms with van der Waals surface area (Å²) in [5.74, 6) is 0.614. The molecular weight excluding hydrogens is 382 g/mol. The zero-order valence-electron chi connectivity index (χ0n) is 17.0. The first-order valence-electron chi connectivity index (χ1n) is 9.58. The number of anilines is 1. The van der Waals surface area contributed by atoms with Crippen molar-refractivity contribution in [2.45, 2.75) is 32.3 Å². The summed E-state index contributed by atoms with van der Waals surface area (Å²) in [6.45, 7) is 6.50. The van der Waals surface area contributed by atoms with Gasteiger partial charge in [0, 0.05) is 28.9 Å². The Hall–Kier alpha value is -2.93. The number of benzene rings is 2. The average Bonchev–Trinajstić information content (AvgIpc) is 3.15. The number of amides is 1. The summed E-state index contributed by atoms with van der Waals surface area (Å²) in [6, 6.07) is 14.2. The second kappa shape index (κ2) is 7.83. The lowest BCUT2D eigenvalue weighted by Crippen LogP contribution is -2.32. The van der Waals surface area contributed by atoms with E-state index >= 15 is 0 Å². The maximum Gasteiger partial charge on any atom is 0.253 e. The minimum atomic E-state index is 0.0430.